The highest BCUT2D eigenvalue weighted by Crippen LogP contribution is 2.22. The topological polar surface area (TPSA) is 29.5 Å². The molecular weight excluding hydrogens is 289 g/mol. The van der Waals surface area contributed by atoms with Crippen LogP contribution >= 0.6 is 11.3 Å². The second-order valence-corrected chi connectivity index (χ2v) is 5.95. The highest BCUT2D eigenvalue weighted by atomic mass is 32.1. The Bertz CT molecular complexity index is 635. The van der Waals surface area contributed by atoms with Gasteiger partial charge in [-0.2, -0.15) is 0 Å². The summed E-state index contributed by atoms with van der Waals surface area (Å²) in [7, 11) is 0. The number of rotatable bonds is 4. The number of hydrogen-bond acceptors (Lipinski definition) is 3. The molecule has 3 nitrogen and oxygen atoms in total. The van der Waals surface area contributed by atoms with Crippen LogP contribution in [0.3, 0.4) is 0 Å². The fourth-order valence-electron chi connectivity index (χ4n) is 2.36. The fraction of sp³-hybridized carbons (Fsp3) is 0.312. The lowest BCUT2D eigenvalue weighted by atomic mass is 10.3. The van der Waals surface area contributed by atoms with Crippen LogP contribution in [-0.4, -0.2) is 23.9 Å². The SMILES string of the molecule is O=C(c1cc(COc2ccccc2F)cs1)N1CCCC1. The van der Waals surface area contributed by atoms with Crippen molar-refractivity contribution in [3.05, 3.63) is 52.0 Å². The van der Waals surface area contributed by atoms with Crippen molar-refractivity contribution in [1.82, 2.24) is 4.90 Å². The van der Waals surface area contributed by atoms with E-state index in [0.29, 0.717) is 0 Å². The Morgan fingerprint density at radius 2 is 2.05 bits per heavy atom. The Morgan fingerprint density at radius 1 is 1.29 bits per heavy atom. The Kier molecular flexibility index (Phi) is 4.20. The molecule has 1 aromatic heterocycles. The van der Waals surface area contributed by atoms with Crippen LogP contribution in [0.2, 0.25) is 0 Å². The first-order valence-electron chi connectivity index (χ1n) is 6.98. The van der Waals surface area contributed by atoms with Crippen molar-refractivity contribution in [2.75, 3.05) is 13.1 Å². The first kappa shape index (κ1) is 14.1. The molecule has 5 heteroatoms. The van der Waals surface area contributed by atoms with Crippen molar-refractivity contribution in [2.24, 2.45) is 0 Å². The van der Waals surface area contributed by atoms with Crippen molar-refractivity contribution in [1.29, 1.82) is 0 Å². The molecule has 1 saturated heterocycles. The van der Waals surface area contributed by atoms with Crippen LogP contribution in [0, 0.1) is 5.82 Å². The van der Waals surface area contributed by atoms with E-state index in [1.807, 2.05) is 16.3 Å². The smallest absolute Gasteiger partial charge is 0.263 e. The van der Waals surface area contributed by atoms with E-state index in [9.17, 15) is 9.18 Å². The Labute approximate surface area is 127 Å². The summed E-state index contributed by atoms with van der Waals surface area (Å²) in [6, 6.07) is 8.16. The number of halogens is 1. The van der Waals surface area contributed by atoms with E-state index in [1.54, 1.807) is 18.2 Å². The van der Waals surface area contributed by atoms with Gasteiger partial charge in [-0.3, -0.25) is 4.79 Å². The molecule has 21 heavy (non-hydrogen) atoms. The summed E-state index contributed by atoms with van der Waals surface area (Å²) in [5, 5.41) is 1.89. The van der Waals surface area contributed by atoms with E-state index < -0.39 is 0 Å². The monoisotopic (exact) mass is 305 g/mol. The molecule has 2 heterocycles. The summed E-state index contributed by atoms with van der Waals surface area (Å²) in [6.07, 6.45) is 2.17. The van der Waals surface area contributed by atoms with Gasteiger partial charge in [-0.15, -0.1) is 11.3 Å². The van der Waals surface area contributed by atoms with Crippen LogP contribution < -0.4 is 4.74 Å². The quantitative estimate of drug-likeness (QED) is 0.862. The number of ether oxygens (including phenoxy) is 1. The molecule has 0 aliphatic carbocycles. The first-order chi connectivity index (χ1) is 10.2. The number of likely N-dealkylation sites (tertiary alicyclic amines) is 1. The maximum Gasteiger partial charge on any atom is 0.263 e. The molecule has 1 aliphatic heterocycles. The molecule has 0 radical (unpaired) electrons. The highest BCUT2D eigenvalue weighted by Gasteiger charge is 2.20. The molecule has 1 aliphatic rings. The lowest BCUT2D eigenvalue weighted by molar-refractivity contribution is 0.0797. The van der Waals surface area contributed by atoms with Gasteiger partial charge in [0, 0.05) is 18.7 Å². The molecule has 0 spiro atoms. The third-order valence-electron chi connectivity index (χ3n) is 3.49. The van der Waals surface area contributed by atoms with E-state index >= 15 is 0 Å². The number of hydrogen-bond donors (Lipinski definition) is 0. The minimum absolute atomic E-state index is 0.0923. The van der Waals surface area contributed by atoms with Gasteiger partial charge < -0.3 is 9.64 Å². The average molecular weight is 305 g/mol. The summed E-state index contributed by atoms with van der Waals surface area (Å²) in [5.41, 5.74) is 0.894. The van der Waals surface area contributed by atoms with Crippen LogP contribution in [-0.2, 0) is 6.61 Å². The highest BCUT2D eigenvalue weighted by molar-refractivity contribution is 7.12. The third-order valence-corrected chi connectivity index (χ3v) is 4.46. The van der Waals surface area contributed by atoms with Crippen LogP contribution in [0.25, 0.3) is 0 Å². The molecule has 0 unspecified atom stereocenters. The van der Waals surface area contributed by atoms with Gasteiger partial charge in [0.1, 0.15) is 6.61 Å². The van der Waals surface area contributed by atoms with Gasteiger partial charge in [-0.05, 0) is 36.4 Å². The molecule has 1 amide bonds. The molecule has 2 aromatic rings. The van der Waals surface area contributed by atoms with Gasteiger partial charge in [0.2, 0.25) is 0 Å². The van der Waals surface area contributed by atoms with Gasteiger partial charge in [-0.1, -0.05) is 12.1 Å². The van der Waals surface area contributed by atoms with Gasteiger partial charge in [-0.25, -0.2) is 4.39 Å². The van der Waals surface area contributed by atoms with Gasteiger partial charge in [0.15, 0.2) is 11.6 Å². The molecule has 0 N–H and O–H groups in total. The lowest BCUT2D eigenvalue weighted by Gasteiger charge is -2.13. The number of carbonyl (C=O) groups is 1. The standard InChI is InChI=1S/C16H16FNO2S/c17-13-5-1-2-6-14(13)20-10-12-9-15(21-11-12)16(19)18-7-3-4-8-18/h1-2,5-6,9,11H,3-4,7-8,10H2. The second kappa shape index (κ2) is 6.26. The van der Waals surface area contributed by atoms with Crippen molar-refractivity contribution in [3.8, 4) is 5.75 Å². The third kappa shape index (κ3) is 3.24. The summed E-state index contributed by atoms with van der Waals surface area (Å²) < 4.78 is 18.9. The zero-order valence-corrected chi connectivity index (χ0v) is 12.4. The zero-order valence-electron chi connectivity index (χ0n) is 11.5. The summed E-state index contributed by atoms with van der Waals surface area (Å²) in [4.78, 5) is 14.8. The fourth-order valence-corrected chi connectivity index (χ4v) is 3.23. The predicted molar refractivity (Wildman–Crippen MR) is 80.2 cm³/mol. The van der Waals surface area contributed by atoms with Gasteiger partial charge in [0.05, 0.1) is 4.88 Å². The van der Waals surface area contributed by atoms with Gasteiger partial charge in [0.25, 0.3) is 5.91 Å². The number of nitrogens with zero attached hydrogens (tertiary/aromatic N) is 1. The second-order valence-electron chi connectivity index (χ2n) is 5.04. The Hall–Kier alpha value is -1.88. The maximum atomic E-state index is 13.4. The average Bonchev–Trinajstić information content (AvgIpc) is 3.17. The number of para-hydroxylation sites is 1. The van der Waals surface area contributed by atoms with Crippen LogP contribution in [0.4, 0.5) is 4.39 Å². The minimum atomic E-state index is -0.374. The summed E-state index contributed by atoms with van der Waals surface area (Å²) in [5.74, 6) is -0.0492. The van der Waals surface area contributed by atoms with E-state index in [0.717, 1.165) is 36.4 Å². The molecule has 0 bridgehead atoms. The van der Waals surface area contributed by atoms with E-state index in [4.69, 9.17) is 4.74 Å². The number of thiophene rings is 1. The van der Waals surface area contributed by atoms with E-state index in [2.05, 4.69) is 0 Å². The zero-order chi connectivity index (χ0) is 14.7. The molecule has 1 fully saturated rings. The Balaban J connectivity index is 1.62. The molecule has 3 rings (SSSR count). The van der Waals surface area contributed by atoms with Gasteiger partial charge >= 0.3 is 0 Å². The molecule has 1 aromatic carbocycles. The van der Waals surface area contributed by atoms with E-state index in [-0.39, 0.29) is 24.1 Å². The molecule has 0 saturated carbocycles. The van der Waals surface area contributed by atoms with Crippen molar-refractivity contribution >= 4 is 17.2 Å². The van der Waals surface area contributed by atoms with E-state index in [1.165, 1.54) is 17.4 Å². The van der Waals surface area contributed by atoms with Crippen LogP contribution in [0.1, 0.15) is 28.1 Å². The van der Waals surface area contributed by atoms with Crippen molar-refractivity contribution in [2.45, 2.75) is 19.4 Å². The molecular formula is C16H16FNO2S. The molecule has 110 valence electrons. The number of carbonyl (C=O) groups excluding carboxylic acids is 1. The summed E-state index contributed by atoms with van der Waals surface area (Å²) >= 11 is 1.42. The molecule has 0 atom stereocenters. The summed E-state index contributed by atoms with van der Waals surface area (Å²) in [6.45, 7) is 1.96. The Morgan fingerprint density at radius 3 is 2.81 bits per heavy atom. The maximum absolute atomic E-state index is 13.4. The predicted octanol–water partition coefficient (Wildman–Crippen LogP) is 3.70. The van der Waals surface area contributed by atoms with Crippen LogP contribution in [0.5, 0.6) is 5.75 Å². The normalized spacial score (nSPS) is 14.4. The largest absolute Gasteiger partial charge is 0.486 e. The number of benzene rings is 1. The van der Waals surface area contributed by atoms with Crippen molar-refractivity contribution < 1.29 is 13.9 Å². The lowest BCUT2D eigenvalue weighted by Crippen LogP contribution is -2.26. The van der Waals surface area contributed by atoms with Crippen LogP contribution in [0.15, 0.2) is 35.7 Å². The van der Waals surface area contributed by atoms with Crippen molar-refractivity contribution in [3.63, 3.8) is 0 Å². The minimum Gasteiger partial charge on any atom is -0.486 e. The first-order valence-corrected chi connectivity index (χ1v) is 7.86. The number of amides is 1.